The van der Waals surface area contributed by atoms with Crippen LogP contribution in [0.2, 0.25) is 0 Å². The van der Waals surface area contributed by atoms with Gasteiger partial charge in [0.2, 0.25) is 0 Å². The molecule has 3 nitrogen and oxygen atoms in total. The van der Waals surface area contributed by atoms with Gasteiger partial charge in [-0.2, -0.15) is 0 Å². The standard InChI is InChI=1S/C15H21NO2/c1-10(2)14(15(17)18-11(3)4)16-13-8-6-7-12(5)9-13/h6-11H,1-5H3. The Balaban J connectivity index is 3.01. The summed E-state index contributed by atoms with van der Waals surface area (Å²) in [7, 11) is 0. The molecule has 0 N–H and O–H groups in total. The Bertz CT molecular complexity index is 448. The highest BCUT2D eigenvalue weighted by Crippen LogP contribution is 2.16. The quantitative estimate of drug-likeness (QED) is 0.601. The van der Waals surface area contributed by atoms with E-state index in [1.807, 2.05) is 58.9 Å². The molecule has 0 unspecified atom stereocenters. The first-order chi connectivity index (χ1) is 8.40. The number of rotatable bonds is 4. The second kappa shape index (κ2) is 6.34. The number of carbonyl (C=O) groups excluding carboxylic acids is 1. The Morgan fingerprint density at radius 2 is 1.89 bits per heavy atom. The van der Waals surface area contributed by atoms with Gasteiger partial charge in [0.25, 0.3) is 0 Å². The topological polar surface area (TPSA) is 38.7 Å². The molecule has 0 aliphatic heterocycles. The van der Waals surface area contributed by atoms with E-state index in [1.165, 1.54) is 0 Å². The van der Waals surface area contributed by atoms with Crippen molar-refractivity contribution in [3.63, 3.8) is 0 Å². The average Bonchev–Trinajstić information content (AvgIpc) is 2.24. The number of hydrogen-bond acceptors (Lipinski definition) is 3. The fourth-order valence-corrected chi connectivity index (χ4v) is 1.52. The highest BCUT2D eigenvalue weighted by molar-refractivity contribution is 6.37. The van der Waals surface area contributed by atoms with Crippen molar-refractivity contribution in [2.45, 2.75) is 40.7 Å². The minimum Gasteiger partial charge on any atom is -0.458 e. The lowest BCUT2D eigenvalue weighted by atomic mass is 10.1. The Labute approximate surface area is 109 Å². The normalized spacial score (nSPS) is 12.1. The van der Waals surface area contributed by atoms with Crippen LogP contribution in [-0.2, 0) is 9.53 Å². The van der Waals surface area contributed by atoms with E-state index in [0.717, 1.165) is 11.3 Å². The maximum atomic E-state index is 11.9. The maximum Gasteiger partial charge on any atom is 0.353 e. The van der Waals surface area contributed by atoms with Crippen LogP contribution in [0, 0.1) is 12.8 Å². The lowest BCUT2D eigenvalue weighted by Crippen LogP contribution is -2.25. The predicted octanol–water partition coefficient (Wildman–Crippen LogP) is 3.68. The fraction of sp³-hybridized carbons (Fsp3) is 0.467. The van der Waals surface area contributed by atoms with Gasteiger partial charge in [0.15, 0.2) is 0 Å². The van der Waals surface area contributed by atoms with Crippen molar-refractivity contribution in [3.05, 3.63) is 29.8 Å². The summed E-state index contributed by atoms with van der Waals surface area (Å²) in [6.07, 6.45) is -0.126. The van der Waals surface area contributed by atoms with Gasteiger partial charge in [-0.1, -0.05) is 26.0 Å². The highest BCUT2D eigenvalue weighted by atomic mass is 16.5. The number of ether oxygens (including phenoxy) is 1. The second-order valence-electron chi connectivity index (χ2n) is 4.94. The smallest absolute Gasteiger partial charge is 0.353 e. The van der Waals surface area contributed by atoms with Gasteiger partial charge in [0.05, 0.1) is 11.8 Å². The molecule has 0 saturated heterocycles. The molecule has 1 aromatic rings. The van der Waals surface area contributed by atoms with Crippen LogP contribution in [0.4, 0.5) is 5.69 Å². The number of benzene rings is 1. The Kier molecular flexibility index (Phi) is 5.08. The van der Waals surface area contributed by atoms with Crippen LogP contribution >= 0.6 is 0 Å². The summed E-state index contributed by atoms with van der Waals surface area (Å²) in [5.41, 5.74) is 2.38. The number of carbonyl (C=O) groups is 1. The largest absolute Gasteiger partial charge is 0.458 e. The van der Waals surface area contributed by atoms with Gasteiger partial charge in [-0.3, -0.25) is 0 Å². The molecule has 0 fully saturated rings. The van der Waals surface area contributed by atoms with Crippen LogP contribution in [0.1, 0.15) is 33.3 Å². The molecule has 1 rings (SSSR count). The summed E-state index contributed by atoms with van der Waals surface area (Å²) in [5.74, 6) is -0.293. The molecular formula is C15H21NO2. The number of aryl methyl sites for hydroxylation is 1. The van der Waals surface area contributed by atoms with Crippen LogP contribution in [0.15, 0.2) is 29.3 Å². The fourth-order valence-electron chi connectivity index (χ4n) is 1.52. The van der Waals surface area contributed by atoms with Crippen LogP contribution in [0.5, 0.6) is 0 Å². The molecule has 0 aliphatic rings. The highest BCUT2D eigenvalue weighted by Gasteiger charge is 2.18. The summed E-state index contributed by atoms with van der Waals surface area (Å²) in [4.78, 5) is 16.3. The zero-order valence-corrected chi connectivity index (χ0v) is 11.7. The van der Waals surface area contributed by atoms with Gasteiger partial charge in [-0.05, 0) is 38.5 Å². The van der Waals surface area contributed by atoms with Crippen molar-refractivity contribution in [2.75, 3.05) is 0 Å². The Morgan fingerprint density at radius 1 is 1.22 bits per heavy atom. The third kappa shape index (κ3) is 4.32. The van der Waals surface area contributed by atoms with Crippen molar-refractivity contribution >= 4 is 17.4 Å². The first-order valence-electron chi connectivity index (χ1n) is 6.26. The first kappa shape index (κ1) is 14.4. The number of esters is 1. The second-order valence-corrected chi connectivity index (χ2v) is 4.94. The summed E-state index contributed by atoms with van der Waals surface area (Å²) in [6, 6.07) is 7.77. The minimum absolute atomic E-state index is 0.0387. The molecule has 0 heterocycles. The van der Waals surface area contributed by atoms with E-state index in [1.54, 1.807) is 0 Å². The molecular weight excluding hydrogens is 226 g/mol. The maximum absolute atomic E-state index is 11.9. The molecule has 0 saturated carbocycles. The van der Waals surface area contributed by atoms with Crippen LogP contribution in [0.3, 0.4) is 0 Å². The van der Waals surface area contributed by atoms with Crippen molar-refractivity contribution in [3.8, 4) is 0 Å². The van der Waals surface area contributed by atoms with Gasteiger partial charge in [-0.15, -0.1) is 0 Å². The first-order valence-corrected chi connectivity index (χ1v) is 6.26. The van der Waals surface area contributed by atoms with E-state index in [-0.39, 0.29) is 18.0 Å². The molecule has 18 heavy (non-hydrogen) atoms. The summed E-state index contributed by atoms with van der Waals surface area (Å²) in [6.45, 7) is 9.55. The summed E-state index contributed by atoms with van der Waals surface area (Å²) >= 11 is 0. The lowest BCUT2D eigenvalue weighted by molar-refractivity contribution is -0.139. The van der Waals surface area contributed by atoms with Crippen molar-refractivity contribution in [1.29, 1.82) is 0 Å². The monoisotopic (exact) mass is 247 g/mol. The Morgan fingerprint density at radius 3 is 2.39 bits per heavy atom. The van der Waals surface area contributed by atoms with E-state index in [9.17, 15) is 4.79 Å². The molecule has 1 aromatic carbocycles. The Hall–Kier alpha value is -1.64. The molecule has 0 aromatic heterocycles. The van der Waals surface area contributed by atoms with Crippen molar-refractivity contribution < 1.29 is 9.53 Å². The van der Waals surface area contributed by atoms with Gasteiger partial charge in [0, 0.05) is 5.92 Å². The number of hydrogen-bond donors (Lipinski definition) is 0. The van der Waals surface area contributed by atoms with E-state index < -0.39 is 0 Å². The van der Waals surface area contributed by atoms with Gasteiger partial charge >= 0.3 is 5.97 Å². The zero-order valence-electron chi connectivity index (χ0n) is 11.7. The van der Waals surface area contributed by atoms with Crippen LogP contribution in [-0.4, -0.2) is 17.8 Å². The summed E-state index contributed by atoms with van der Waals surface area (Å²) in [5, 5.41) is 0. The molecule has 0 radical (unpaired) electrons. The molecule has 0 aliphatic carbocycles. The lowest BCUT2D eigenvalue weighted by Gasteiger charge is -2.12. The van der Waals surface area contributed by atoms with Gasteiger partial charge in [0.1, 0.15) is 5.71 Å². The zero-order chi connectivity index (χ0) is 13.7. The number of nitrogens with zero attached hydrogens (tertiary/aromatic N) is 1. The predicted molar refractivity (Wildman–Crippen MR) is 74.3 cm³/mol. The number of aliphatic imine (C=N–C) groups is 1. The van der Waals surface area contributed by atoms with E-state index in [4.69, 9.17) is 4.74 Å². The molecule has 0 atom stereocenters. The molecule has 0 amide bonds. The molecule has 0 bridgehead atoms. The van der Waals surface area contributed by atoms with Crippen molar-refractivity contribution in [1.82, 2.24) is 0 Å². The SMILES string of the molecule is Cc1cccc(N=C(C(=O)OC(C)C)C(C)C)c1. The average molecular weight is 247 g/mol. The van der Waals surface area contributed by atoms with Crippen molar-refractivity contribution in [2.24, 2.45) is 10.9 Å². The van der Waals surface area contributed by atoms with Gasteiger partial charge in [-0.25, -0.2) is 9.79 Å². The van der Waals surface area contributed by atoms with Crippen LogP contribution in [0.25, 0.3) is 0 Å². The van der Waals surface area contributed by atoms with E-state index >= 15 is 0 Å². The third-order valence-electron chi connectivity index (χ3n) is 2.35. The third-order valence-corrected chi connectivity index (χ3v) is 2.35. The summed E-state index contributed by atoms with van der Waals surface area (Å²) < 4.78 is 5.21. The van der Waals surface area contributed by atoms with Gasteiger partial charge < -0.3 is 4.74 Å². The van der Waals surface area contributed by atoms with Crippen LogP contribution < -0.4 is 0 Å². The molecule has 98 valence electrons. The minimum atomic E-state index is -0.332. The molecule has 3 heteroatoms. The molecule has 0 spiro atoms. The van der Waals surface area contributed by atoms with E-state index in [0.29, 0.717) is 5.71 Å². The van der Waals surface area contributed by atoms with E-state index in [2.05, 4.69) is 4.99 Å².